The number of anilines is 1. The first-order chi connectivity index (χ1) is 13.2. The molecule has 5 nitrogen and oxygen atoms in total. The van der Waals surface area contributed by atoms with Gasteiger partial charge in [-0.2, -0.15) is 0 Å². The molecule has 0 heterocycles. The third-order valence-corrected chi connectivity index (χ3v) is 4.49. The molecule has 0 aliphatic heterocycles. The Hall–Kier alpha value is -2.53. The Morgan fingerprint density at radius 2 is 1.67 bits per heavy atom. The Morgan fingerprint density at radius 3 is 2.26 bits per heavy atom. The predicted octanol–water partition coefficient (Wildman–Crippen LogP) is 3.70. The van der Waals surface area contributed by atoms with Crippen molar-refractivity contribution in [3.8, 4) is 5.75 Å². The van der Waals surface area contributed by atoms with Crippen molar-refractivity contribution in [1.29, 1.82) is 0 Å². The number of hydrogen-bond donors (Lipinski definition) is 2. The van der Waals surface area contributed by atoms with Crippen molar-refractivity contribution >= 4 is 11.6 Å². The molecule has 0 aliphatic carbocycles. The zero-order valence-electron chi connectivity index (χ0n) is 16.6. The number of ether oxygens (including phenoxy) is 1. The highest BCUT2D eigenvalue weighted by molar-refractivity contribution is 5.86. The molecule has 27 heavy (non-hydrogen) atoms. The van der Waals surface area contributed by atoms with E-state index in [-0.39, 0.29) is 5.91 Å². The Bertz CT molecular complexity index is 670. The van der Waals surface area contributed by atoms with Crippen molar-refractivity contribution in [3.63, 3.8) is 0 Å². The molecule has 2 N–H and O–H groups in total. The SMILES string of the molecule is CCOc1ccc(NC(C(=O)NCCN(CC)CC)c2ccccc2)cc1. The number of carbonyl (C=O) groups is 1. The Kier molecular flexibility index (Phi) is 8.65. The molecular weight excluding hydrogens is 338 g/mol. The van der Waals surface area contributed by atoms with Crippen LogP contribution in [0.5, 0.6) is 5.75 Å². The van der Waals surface area contributed by atoms with Gasteiger partial charge in [-0.3, -0.25) is 4.79 Å². The lowest BCUT2D eigenvalue weighted by molar-refractivity contribution is -0.122. The lowest BCUT2D eigenvalue weighted by Crippen LogP contribution is -2.39. The topological polar surface area (TPSA) is 53.6 Å². The molecule has 1 unspecified atom stereocenters. The van der Waals surface area contributed by atoms with E-state index in [0.717, 1.165) is 36.6 Å². The first kappa shape index (κ1) is 20.8. The van der Waals surface area contributed by atoms with Crippen LogP contribution in [0.15, 0.2) is 54.6 Å². The normalized spacial score (nSPS) is 11.9. The predicted molar refractivity (Wildman–Crippen MR) is 111 cm³/mol. The third kappa shape index (κ3) is 6.61. The first-order valence-electron chi connectivity index (χ1n) is 9.72. The van der Waals surface area contributed by atoms with Gasteiger partial charge < -0.3 is 20.3 Å². The molecule has 0 bridgehead atoms. The van der Waals surface area contributed by atoms with Crippen molar-refractivity contribution in [3.05, 3.63) is 60.2 Å². The standard InChI is InChI=1S/C22H31N3O2/c1-4-25(5-2)17-16-23-22(26)21(18-10-8-7-9-11-18)24-19-12-14-20(15-13-19)27-6-3/h7-15,21,24H,4-6,16-17H2,1-3H3,(H,23,26). The van der Waals surface area contributed by atoms with Crippen molar-refractivity contribution in [2.24, 2.45) is 0 Å². The van der Waals surface area contributed by atoms with Gasteiger partial charge in [-0.25, -0.2) is 0 Å². The van der Waals surface area contributed by atoms with Crippen LogP contribution in [-0.4, -0.2) is 43.6 Å². The average Bonchev–Trinajstić information content (AvgIpc) is 2.71. The first-order valence-corrected chi connectivity index (χ1v) is 9.72. The molecule has 5 heteroatoms. The van der Waals surface area contributed by atoms with Crippen LogP contribution in [0.25, 0.3) is 0 Å². The van der Waals surface area contributed by atoms with E-state index in [9.17, 15) is 4.79 Å². The van der Waals surface area contributed by atoms with Crippen LogP contribution in [0.1, 0.15) is 32.4 Å². The second-order valence-electron chi connectivity index (χ2n) is 6.26. The summed E-state index contributed by atoms with van der Waals surface area (Å²) in [6, 6.07) is 17.0. The lowest BCUT2D eigenvalue weighted by Gasteiger charge is -2.22. The van der Waals surface area contributed by atoms with Gasteiger partial charge in [-0.05, 0) is 49.8 Å². The summed E-state index contributed by atoms with van der Waals surface area (Å²) in [5, 5.41) is 6.41. The van der Waals surface area contributed by atoms with E-state index in [4.69, 9.17) is 4.74 Å². The highest BCUT2D eigenvalue weighted by Gasteiger charge is 2.20. The van der Waals surface area contributed by atoms with E-state index in [1.165, 1.54) is 0 Å². The van der Waals surface area contributed by atoms with Crippen LogP contribution in [0, 0.1) is 0 Å². The molecule has 0 aromatic heterocycles. The van der Waals surface area contributed by atoms with Crippen molar-refractivity contribution in [2.75, 3.05) is 38.1 Å². The van der Waals surface area contributed by atoms with Crippen LogP contribution >= 0.6 is 0 Å². The molecule has 2 aromatic carbocycles. The van der Waals surface area contributed by atoms with Gasteiger partial charge in [0.2, 0.25) is 5.91 Å². The summed E-state index contributed by atoms with van der Waals surface area (Å²) in [7, 11) is 0. The molecule has 0 saturated heterocycles. The minimum Gasteiger partial charge on any atom is -0.494 e. The molecular formula is C22H31N3O2. The zero-order valence-corrected chi connectivity index (χ0v) is 16.6. The molecule has 0 fully saturated rings. The molecule has 0 spiro atoms. The molecule has 2 rings (SSSR count). The minimum atomic E-state index is -0.444. The summed E-state index contributed by atoms with van der Waals surface area (Å²) >= 11 is 0. The maximum absolute atomic E-state index is 12.9. The minimum absolute atomic E-state index is 0.0257. The van der Waals surface area contributed by atoms with Crippen LogP contribution in [-0.2, 0) is 4.79 Å². The van der Waals surface area contributed by atoms with E-state index < -0.39 is 6.04 Å². The molecule has 1 atom stereocenters. The number of nitrogens with one attached hydrogen (secondary N) is 2. The maximum Gasteiger partial charge on any atom is 0.247 e. The van der Waals surface area contributed by atoms with E-state index >= 15 is 0 Å². The van der Waals surface area contributed by atoms with Gasteiger partial charge in [0.1, 0.15) is 11.8 Å². The zero-order chi connectivity index (χ0) is 19.5. The molecule has 146 valence electrons. The Morgan fingerprint density at radius 1 is 1.00 bits per heavy atom. The summed E-state index contributed by atoms with van der Waals surface area (Å²) in [6.45, 7) is 10.3. The highest BCUT2D eigenvalue weighted by atomic mass is 16.5. The summed E-state index contributed by atoms with van der Waals surface area (Å²) in [5.74, 6) is 0.797. The summed E-state index contributed by atoms with van der Waals surface area (Å²) in [5.41, 5.74) is 1.82. The van der Waals surface area contributed by atoms with Gasteiger partial charge in [0.15, 0.2) is 0 Å². The van der Waals surface area contributed by atoms with Gasteiger partial charge in [-0.15, -0.1) is 0 Å². The molecule has 0 radical (unpaired) electrons. The quantitative estimate of drug-likeness (QED) is 0.634. The summed E-state index contributed by atoms with van der Waals surface area (Å²) < 4.78 is 5.48. The van der Waals surface area contributed by atoms with Gasteiger partial charge in [0, 0.05) is 18.8 Å². The molecule has 1 amide bonds. The number of nitrogens with zero attached hydrogens (tertiary/aromatic N) is 1. The number of amides is 1. The fraction of sp³-hybridized carbons (Fsp3) is 0.409. The number of carbonyl (C=O) groups excluding carboxylic acids is 1. The van der Waals surface area contributed by atoms with E-state index in [1.54, 1.807) is 0 Å². The van der Waals surface area contributed by atoms with Crippen LogP contribution in [0.4, 0.5) is 5.69 Å². The maximum atomic E-state index is 12.9. The fourth-order valence-electron chi connectivity index (χ4n) is 2.91. The number of rotatable bonds is 11. The van der Waals surface area contributed by atoms with Crippen LogP contribution < -0.4 is 15.4 Å². The summed E-state index contributed by atoms with van der Waals surface area (Å²) in [4.78, 5) is 15.1. The van der Waals surface area contributed by atoms with Crippen molar-refractivity contribution in [1.82, 2.24) is 10.2 Å². The van der Waals surface area contributed by atoms with Crippen molar-refractivity contribution < 1.29 is 9.53 Å². The Balaban J connectivity index is 2.06. The number of likely N-dealkylation sites (N-methyl/N-ethyl adjacent to an activating group) is 1. The van der Waals surface area contributed by atoms with Gasteiger partial charge in [-0.1, -0.05) is 44.2 Å². The van der Waals surface area contributed by atoms with Gasteiger partial charge >= 0.3 is 0 Å². The van der Waals surface area contributed by atoms with Gasteiger partial charge in [0.05, 0.1) is 6.61 Å². The highest BCUT2D eigenvalue weighted by Crippen LogP contribution is 2.22. The summed E-state index contributed by atoms with van der Waals surface area (Å²) in [6.07, 6.45) is 0. The second-order valence-corrected chi connectivity index (χ2v) is 6.26. The lowest BCUT2D eigenvalue weighted by atomic mass is 10.1. The van der Waals surface area contributed by atoms with Gasteiger partial charge in [0.25, 0.3) is 0 Å². The van der Waals surface area contributed by atoms with Crippen LogP contribution in [0.3, 0.4) is 0 Å². The fourth-order valence-corrected chi connectivity index (χ4v) is 2.91. The molecule has 0 saturated carbocycles. The number of hydrogen-bond acceptors (Lipinski definition) is 4. The number of benzene rings is 2. The largest absolute Gasteiger partial charge is 0.494 e. The Labute approximate surface area is 162 Å². The average molecular weight is 370 g/mol. The molecule has 2 aromatic rings. The molecule has 0 aliphatic rings. The smallest absolute Gasteiger partial charge is 0.247 e. The van der Waals surface area contributed by atoms with E-state index in [0.29, 0.717) is 13.2 Å². The van der Waals surface area contributed by atoms with E-state index in [2.05, 4.69) is 29.4 Å². The van der Waals surface area contributed by atoms with Crippen LogP contribution in [0.2, 0.25) is 0 Å². The monoisotopic (exact) mass is 369 g/mol. The third-order valence-electron chi connectivity index (χ3n) is 4.49. The second kappa shape index (κ2) is 11.2. The van der Waals surface area contributed by atoms with E-state index in [1.807, 2.05) is 61.5 Å². The van der Waals surface area contributed by atoms with Crippen molar-refractivity contribution in [2.45, 2.75) is 26.8 Å².